The van der Waals surface area contributed by atoms with E-state index in [2.05, 4.69) is 160 Å². The van der Waals surface area contributed by atoms with Crippen molar-refractivity contribution in [1.29, 1.82) is 0 Å². The molecule has 2 fully saturated rings. The van der Waals surface area contributed by atoms with Gasteiger partial charge in [0.15, 0.2) is 0 Å². The molecule has 4 aromatic rings. The molecule has 2 nitrogen and oxygen atoms in total. The van der Waals surface area contributed by atoms with Crippen molar-refractivity contribution in [2.75, 3.05) is 9.80 Å². The molecule has 2 saturated carbocycles. The smallest absolute Gasteiger partial charge is 0.0637 e. The Hall–Kier alpha value is -3.99. The third-order valence-electron chi connectivity index (χ3n) is 19.9. The van der Waals surface area contributed by atoms with Crippen LogP contribution in [0.1, 0.15) is 170 Å². The van der Waals surface area contributed by atoms with Crippen LogP contribution in [0.5, 0.6) is 0 Å². The van der Waals surface area contributed by atoms with Gasteiger partial charge in [-0.15, -0.1) is 23.1 Å². The molecule has 4 heteroatoms. The third-order valence-corrected chi connectivity index (χ3v) is 22.7. The average Bonchev–Trinajstić information content (AvgIpc) is 3.67. The molecule has 14 rings (SSSR count). The molecule has 0 bridgehead atoms. The monoisotopic (exact) mass is 933 g/mol. The van der Waals surface area contributed by atoms with Gasteiger partial charge < -0.3 is 9.80 Å². The fraction of sp³-hybridized carbons (Fsp3) is 0.500. The second-order valence-corrected chi connectivity index (χ2v) is 26.5. The highest BCUT2D eigenvalue weighted by Gasteiger charge is 2.58. The zero-order valence-corrected chi connectivity index (χ0v) is 43.5. The van der Waals surface area contributed by atoms with Crippen LogP contribution in [0.15, 0.2) is 106 Å². The second kappa shape index (κ2) is 15.8. The van der Waals surface area contributed by atoms with Gasteiger partial charge in [-0.2, -0.15) is 0 Å². The number of nitrogens with zero attached hydrogens (tertiary/aromatic N) is 2. The molecule has 9 unspecified atom stereocenters. The number of fused-ring (bicyclic) bond motifs is 6. The molecule has 3 aromatic carbocycles. The van der Waals surface area contributed by atoms with Crippen LogP contribution >= 0.6 is 23.1 Å². The van der Waals surface area contributed by atoms with Crippen LogP contribution in [0.3, 0.4) is 0 Å². The Morgan fingerprint density at radius 3 is 2.62 bits per heavy atom. The fourth-order valence-corrected chi connectivity index (χ4v) is 19.4. The predicted molar refractivity (Wildman–Crippen MR) is 294 cm³/mol. The van der Waals surface area contributed by atoms with E-state index in [1.54, 1.807) is 71.0 Å². The van der Waals surface area contributed by atoms with Gasteiger partial charge in [-0.05, 0) is 206 Å². The number of aryl methyl sites for hydroxylation is 2. The summed E-state index contributed by atoms with van der Waals surface area (Å²) in [6, 6.07) is 16.0. The van der Waals surface area contributed by atoms with Gasteiger partial charge in [0.1, 0.15) is 0 Å². The average molecular weight is 933 g/mol. The summed E-state index contributed by atoms with van der Waals surface area (Å²) < 4.78 is 1.47. The summed E-state index contributed by atoms with van der Waals surface area (Å²) in [5.74, 6) is 5.40. The summed E-state index contributed by atoms with van der Waals surface area (Å²) in [6.45, 7) is 17.7. The van der Waals surface area contributed by atoms with Crippen LogP contribution in [0, 0.1) is 40.9 Å². The van der Waals surface area contributed by atoms with E-state index in [4.69, 9.17) is 0 Å². The summed E-state index contributed by atoms with van der Waals surface area (Å²) in [6.07, 6.45) is 34.7. The van der Waals surface area contributed by atoms with Gasteiger partial charge in [0.25, 0.3) is 0 Å². The second-order valence-electron chi connectivity index (χ2n) is 24.1. The molecule has 0 saturated heterocycles. The van der Waals surface area contributed by atoms with Crippen molar-refractivity contribution in [3.8, 4) is 0 Å². The minimum absolute atomic E-state index is 0.208. The molecule has 9 aliphatic carbocycles. The Morgan fingerprint density at radius 2 is 1.75 bits per heavy atom. The largest absolute Gasteiger partial charge is 0.337 e. The van der Waals surface area contributed by atoms with Crippen LogP contribution in [-0.4, -0.2) is 11.3 Å². The van der Waals surface area contributed by atoms with E-state index in [9.17, 15) is 0 Å². The molecule has 0 N–H and O–H groups in total. The molecular formula is C64H72N2S2. The topological polar surface area (TPSA) is 6.48 Å². The third kappa shape index (κ3) is 6.20. The molecule has 0 spiro atoms. The van der Waals surface area contributed by atoms with Crippen molar-refractivity contribution in [2.45, 2.75) is 161 Å². The minimum atomic E-state index is 0.208. The summed E-state index contributed by atoms with van der Waals surface area (Å²) in [4.78, 5) is 9.18. The first-order valence-electron chi connectivity index (χ1n) is 27.4. The number of allylic oxidation sites excluding steroid dienone is 10. The van der Waals surface area contributed by atoms with Crippen molar-refractivity contribution < 1.29 is 0 Å². The number of anilines is 2. The molecule has 350 valence electrons. The summed E-state index contributed by atoms with van der Waals surface area (Å²) in [7, 11) is 0. The Balaban J connectivity index is 1.04. The fourth-order valence-electron chi connectivity index (χ4n) is 16.4. The Bertz CT molecular complexity index is 3070. The molecular weight excluding hydrogens is 861 g/mol. The van der Waals surface area contributed by atoms with Crippen molar-refractivity contribution in [1.82, 2.24) is 0 Å². The molecule has 10 aliphatic rings. The van der Waals surface area contributed by atoms with E-state index in [1.807, 2.05) is 0 Å². The lowest BCUT2D eigenvalue weighted by Crippen LogP contribution is -2.41. The lowest BCUT2D eigenvalue weighted by molar-refractivity contribution is 0.247. The van der Waals surface area contributed by atoms with Crippen LogP contribution in [0.25, 0.3) is 32.5 Å². The number of thiophene rings is 1. The minimum Gasteiger partial charge on any atom is -0.337 e. The maximum atomic E-state index is 3.08. The zero-order valence-electron chi connectivity index (χ0n) is 41.9. The van der Waals surface area contributed by atoms with Gasteiger partial charge in [-0.25, -0.2) is 0 Å². The lowest BCUT2D eigenvalue weighted by Gasteiger charge is -2.49. The molecule has 68 heavy (non-hydrogen) atoms. The van der Waals surface area contributed by atoms with Gasteiger partial charge in [0.2, 0.25) is 0 Å². The van der Waals surface area contributed by atoms with Crippen molar-refractivity contribution >= 4 is 67.0 Å². The van der Waals surface area contributed by atoms with Gasteiger partial charge in [0.05, 0.1) is 16.1 Å². The SMILES string of the molecule is CCC1CC(N(C2=CCC(C)C=C2C)c2cccc3c4c(sc23)CCC=C4)=C2CC3c4c(cc(N(C5=CCCC6=C5SC5CCC=CC65)C5CCC(C)C6C(C)[C@@H]65)c5ccc1c2c45)CCC3(C)C. The Morgan fingerprint density at radius 1 is 0.853 bits per heavy atom. The number of hydrogen-bond acceptors (Lipinski definition) is 4. The molecule has 0 radical (unpaired) electrons. The van der Waals surface area contributed by atoms with Gasteiger partial charge >= 0.3 is 0 Å². The molecule has 10 atom stereocenters. The van der Waals surface area contributed by atoms with Gasteiger partial charge in [0, 0.05) is 54.8 Å². The van der Waals surface area contributed by atoms with Crippen LogP contribution in [0.4, 0.5) is 11.4 Å². The van der Waals surface area contributed by atoms with Crippen LogP contribution in [0.2, 0.25) is 0 Å². The normalized spacial score (nSPS) is 32.6. The van der Waals surface area contributed by atoms with Gasteiger partial charge in [-0.1, -0.05) is 108 Å². The standard InChI is InChI=1S/C64H72N2S2/c1-8-39-32-54(65(49-27-23-35(2)31-37(49)4)51-19-13-17-44-42-15-9-11-21-55(42)67-62(44)51)47-34-48-59-40(29-30-64(48,6)7)33-53(46-26-25-41(39)60(47)61(46)59)66(50-28-24-36(3)57-38(5)58(50)57)52-20-14-18-45-43-16-10-12-22-56(43)68-63(45)52/h9-10,13,15-17,19-20,25-27,31,33,35-36,38-39,43,48,50,56-58H,8,11-12,14,18,21-24,28-30,32,34H2,1-7H3/t35?,36?,38?,39?,43?,48?,50?,56?,57?,58-/m1/s1. The maximum Gasteiger partial charge on any atom is 0.0637 e. The number of benzene rings is 3. The highest BCUT2D eigenvalue weighted by atomic mass is 32.2. The number of hydrogen-bond donors (Lipinski definition) is 0. The summed E-state index contributed by atoms with van der Waals surface area (Å²) >= 11 is 4.36. The van der Waals surface area contributed by atoms with Gasteiger partial charge in [-0.3, -0.25) is 0 Å². The Kier molecular flexibility index (Phi) is 9.93. The van der Waals surface area contributed by atoms with E-state index in [1.165, 1.54) is 84.0 Å². The van der Waals surface area contributed by atoms with Crippen LogP contribution in [-0.2, 0) is 12.8 Å². The number of rotatable bonds is 7. The molecule has 2 heterocycles. The molecule has 0 amide bonds. The Labute approximate surface area is 415 Å². The highest BCUT2D eigenvalue weighted by molar-refractivity contribution is 8.04. The first kappa shape index (κ1) is 42.9. The van der Waals surface area contributed by atoms with Crippen molar-refractivity contribution in [2.24, 2.45) is 40.9 Å². The maximum absolute atomic E-state index is 3.08. The van der Waals surface area contributed by atoms with Crippen LogP contribution < -0.4 is 9.80 Å². The van der Waals surface area contributed by atoms with E-state index < -0.39 is 0 Å². The van der Waals surface area contributed by atoms with Crippen molar-refractivity contribution in [3.63, 3.8) is 0 Å². The van der Waals surface area contributed by atoms with E-state index in [0.29, 0.717) is 35.0 Å². The molecule has 1 aromatic heterocycles. The summed E-state index contributed by atoms with van der Waals surface area (Å²) in [5, 5.41) is 5.34. The first-order chi connectivity index (χ1) is 33.1. The zero-order chi connectivity index (χ0) is 45.9. The van der Waals surface area contributed by atoms with E-state index >= 15 is 0 Å². The summed E-state index contributed by atoms with van der Waals surface area (Å²) in [5.41, 5.74) is 20.8. The van der Waals surface area contributed by atoms with E-state index in [0.717, 1.165) is 62.2 Å². The quantitative estimate of drug-likeness (QED) is 0.171. The predicted octanol–water partition coefficient (Wildman–Crippen LogP) is 18.0. The lowest BCUT2D eigenvalue weighted by atomic mass is 9.58. The van der Waals surface area contributed by atoms with E-state index in [-0.39, 0.29) is 5.41 Å². The molecule has 1 aliphatic heterocycles. The first-order valence-corrected chi connectivity index (χ1v) is 29.1. The number of thioether (sulfide) groups is 1. The van der Waals surface area contributed by atoms with Crippen molar-refractivity contribution in [3.05, 3.63) is 139 Å². The highest BCUT2D eigenvalue weighted by Crippen LogP contribution is 2.65.